The van der Waals surface area contributed by atoms with Gasteiger partial charge in [0, 0.05) is 12.6 Å². The lowest BCUT2D eigenvalue weighted by molar-refractivity contribution is 0.220. The molecule has 1 unspecified atom stereocenters. The van der Waals surface area contributed by atoms with Crippen LogP contribution in [0, 0.1) is 0 Å². The molecule has 0 aromatic heterocycles. The summed E-state index contributed by atoms with van der Waals surface area (Å²) in [4.78, 5) is 2.26. The minimum absolute atomic E-state index is 0.0692. The molecule has 0 amide bonds. The van der Waals surface area contributed by atoms with E-state index in [1.807, 2.05) is 30.3 Å². The molecule has 0 fully saturated rings. The highest BCUT2D eigenvalue weighted by Crippen LogP contribution is 2.19. The third-order valence-electron chi connectivity index (χ3n) is 3.54. The topological polar surface area (TPSA) is 49.4 Å². The smallest absolute Gasteiger partial charge is 0.213 e. The molecule has 1 rings (SSSR count). The van der Waals surface area contributed by atoms with Crippen molar-refractivity contribution < 1.29 is 8.42 Å². The molecular formula is C15H26N2O2S. The first-order chi connectivity index (χ1) is 9.42. The highest BCUT2D eigenvalue weighted by atomic mass is 32.2. The van der Waals surface area contributed by atoms with Gasteiger partial charge in [0.15, 0.2) is 0 Å². The Morgan fingerprint density at radius 2 is 1.65 bits per heavy atom. The van der Waals surface area contributed by atoms with Crippen LogP contribution in [0.2, 0.25) is 0 Å². The zero-order chi connectivity index (χ0) is 15.2. The number of benzene rings is 1. The molecule has 0 aliphatic rings. The molecule has 0 bridgehead atoms. The lowest BCUT2D eigenvalue weighted by Gasteiger charge is -2.30. The Morgan fingerprint density at radius 3 is 2.10 bits per heavy atom. The van der Waals surface area contributed by atoms with Crippen LogP contribution in [-0.4, -0.2) is 38.2 Å². The second-order valence-electron chi connectivity index (χ2n) is 5.09. The first-order valence-corrected chi connectivity index (χ1v) is 8.74. The molecule has 0 aliphatic heterocycles. The highest BCUT2D eigenvalue weighted by Gasteiger charge is 2.22. The molecule has 0 radical (unpaired) electrons. The van der Waals surface area contributed by atoms with E-state index in [1.54, 1.807) is 13.8 Å². The summed E-state index contributed by atoms with van der Waals surface area (Å²) in [5.41, 5.74) is 1.14. The largest absolute Gasteiger partial charge is 0.296 e. The second-order valence-corrected chi connectivity index (χ2v) is 7.41. The van der Waals surface area contributed by atoms with E-state index in [9.17, 15) is 8.42 Å². The Hall–Kier alpha value is -0.910. The summed E-state index contributed by atoms with van der Waals surface area (Å²) < 4.78 is 26.6. The maximum absolute atomic E-state index is 11.9. The fourth-order valence-corrected chi connectivity index (χ4v) is 2.88. The molecule has 0 aliphatic carbocycles. The normalized spacial score (nSPS) is 13.9. The van der Waals surface area contributed by atoms with Gasteiger partial charge in [-0.1, -0.05) is 44.2 Å². The van der Waals surface area contributed by atoms with E-state index in [0.717, 1.165) is 18.7 Å². The third-order valence-corrected chi connectivity index (χ3v) is 5.35. The van der Waals surface area contributed by atoms with E-state index < -0.39 is 15.3 Å². The predicted molar refractivity (Wildman–Crippen MR) is 84.2 cm³/mol. The van der Waals surface area contributed by atoms with Crippen LogP contribution >= 0.6 is 0 Å². The number of sulfonamides is 1. The molecule has 0 saturated heterocycles. The van der Waals surface area contributed by atoms with Gasteiger partial charge in [0.2, 0.25) is 10.0 Å². The van der Waals surface area contributed by atoms with Crippen molar-refractivity contribution in [2.24, 2.45) is 0 Å². The van der Waals surface area contributed by atoms with E-state index in [-0.39, 0.29) is 6.04 Å². The van der Waals surface area contributed by atoms with Gasteiger partial charge < -0.3 is 0 Å². The molecule has 20 heavy (non-hydrogen) atoms. The number of nitrogens with zero attached hydrogens (tertiary/aromatic N) is 1. The predicted octanol–water partition coefficient (Wildman–Crippen LogP) is 2.40. The number of likely N-dealkylation sites (N-methyl/N-ethyl adjacent to an activating group) is 1. The van der Waals surface area contributed by atoms with Crippen LogP contribution in [0.15, 0.2) is 30.3 Å². The highest BCUT2D eigenvalue weighted by molar-refractivity contribution is 7.90. The van der Waals surface area contributed by atoms with Gasteiger partial charge in [0.05, 0.1) is 5.25 Å². The lowest BCUT2D eigenvalue weighted by atomic mass is 10.1. The van der Waals surface area contributed by atoms with Crippen LogP contribution < -0.4 is 4.72 Å². The van der Waals surface area contributed by atoms with Crippen LogP contribution in [0.25, 0.3) is 0 Å². The second kappa shape index (κ2) is 7.76. The Bertz CT molecular complexity index is 482. The third kappa shape index (κ3) is 4.58. The van der Waals surface area contributed by atoms with Gasteiger partial charge in [-0.15, -0.1) is 0 Å². The number of rotatable bonds is 8. The summed E-state index contributed by atoms with van der Waals surface area (Å²) in [6.45, 7) is 9.76. The Morgan fingerprint density at radius 1 is 1.10 bits per heavy atom. The molecule has 1 atom stereocenters. The van der Waals surface area contributed by atoms with Gasteiger partial charge in [0.25, 0.3) is 0 Å². The fraction of sp³-hybridized carbons (Fsp3) is 0.600. The fourth-order valence-electron chi connectivity index (χ4n) is 2.16. The SMILES string of the molecule is CCN(CC)C(CNS(=O)(=O)C(C)C)c1ccccc1. The van der Waals surface area contributed by atoms with Gasteiger partial charge in [-0.2, -0.15) is 0 Å². The molecule has 1 N–H and O–H groups in total. The molecule has 114 valence electrons. The van der Waals surface area contributed by atoms with Gasteiger partial charge in [-0.25, -0.2) is 13.1 Å². The number of hydrogen-bond acceptors (Lipinski definition) is 3. The first kappa shape index (κ1) is 17.1. The van der Waals surface area contributed by atoms with Gasteiger partial charge in [-0.3, -0.25) is 4.90 Å². The van der Waals surface area contributed by atoms with Crippen LogP contribution in [-0.2, 0) is 10.0 Å². The summed E-state index contributed by atoms with van der Waals surface area (Å²) in [6, 6.07) is 10.1. The van der Waals surface area contributed by atoms with Crippen molar-refractivity contribution in [3.63, 3.8) is 0 Å². The molecule has 1 aromatic rings. The van der Waals surface area contributed by atoms with Gasteiger partial charge in [-0.05, 0) is 32.5 Å². The van der Waals surface area contributed by atoms with Gasteiger partial charge in [0.1, 0.15) is 0 Å². The van der Waals surface area contributed by atoms with Crippen molar-refractivity contribution in [3.8, 4) is 0 Å². The van der Waals surface area contributed by atoms with E-state index in [1.165, 1.54) is 0 Å². The summed E-state index contributed by atoms with van der Waals surface area (Å²) in [6.07, 6.45) is 0. The van der Waals surface area contributed by atoms with Crippen LogP contribution in [0.1, 0.15) is 39.3 Å². The van der Waals surface area contributed by atoms with Crippen LogP contribution in [0.5, 0.6) is 0 Å². The minimum atomic E-state index is -3.23. The monoisotopic (exact) mass is 298 g/mol. The zero-order valence-corrected chi connectivity index (χ0v) is 13.7. The van der Waals surface area contributed by atoms with Crippen molar-refractivity contribution in [3.05, 3.63) is 35.9 Å². The summed E-state index contributed by atoms with van der Waals surface area (Å²) in [5.74, 6) is 0. The van der Waals surface area contributed by atoms with Crippen molar-refractivity contribution in [2.75, 3.05) is 19.6 Å². The summed E-state index contributed by atoms with van der Waals surface area (Å²) in [5, 5.41) is -0.407. The number of nitrogens with one attached hydrogen (secondary N) is 1. The maximum Gasteiger partial charge on any atom is 0.213 e. The van der Waals surface area contributed by atoms with Crippen LogP contribution in [0.3, 0.4) is 0 Å². The molecule has 0 saturated carbocycles. The molecular weight excluding hydrogens is 272 g/mol. The first-order valence-electron chi connectivity index (χ1n) is 7.19. The van der Waals surface area contributed by atoms with Crippen LogP contribution in [0.4, 0.5) is 0 Å². The molecule has 4 nitrogen and oxygen atoms in total. The average molecular weight is 298 g/mol. The Labute approximate surface area is 123 Å². The summed E-state index contributed by atoms with van der Waals surface area (Å²) >= 11 is 0. The van der Waals surface area contributed by atoms with E-state index in [0.29, 0.717) is 6.54 Å². The minimum Gasteiger partial charge on any atom is -0.296 e. The molecule has 0 spiro atoms. The Kier molecular flexibility index (Phi) is 6.65. The molecule has 5 heteroatoms. The Balaban J connectivity index is 2.90. The van der Waals surface area contributed by atoms with E-state index >= 15 is 0 Å². The van der Waals surface area contributed by atoms with Crippen molar-refractivity contribution in [1.82, 2.24) is 9.62 Å². The summed E-state index contributed by atoms with van der Waals surface area (Å²) in [7, 11) is -3.23. The van der Waals surface area contributed by atoms with Crippen molar-refractivity contribution in [1.29, 1.82) is 0 Å². The maximum atomic E-state index is 11.9. The number of hydrogen-bond donors (Lipinski definition) is 1. The van der Waals surface area contributed by atoms with Crippen molar-refractivity contribution >= 4 is 10.0 Å². The van der Waals surface area contributed by atoms with E-state index in [4.69, 9.17) is 0 Å². The quantitative estimate of drug-likeness (QED) is 0.802. The molecule has 1 aromatic carbocycles. The zero-order valence-electron chi connectivity index (χ0n) is 12.8. The lowest BCUT2D eigenvalue weighted by Crippen LogP contribution is -2.40. The van der Waals surface area contributed by atoms with E-state index in [2.05, 4.69) is 23.5 Å². The van der Waals surface area contributed by atoms with Crippen molar-refractivity contribution in [2.45, 2.75) is 39.0 Å². The van der Waals surface area contributed by atoms with Gasteiger partial charge >= 0.3 is 0 Å². The average Bonchev–Trinajstić information content (AvgIpc) is 2.44. The standard InChI is InChI=1S/C15H26N2O2S/c1-5-17(6-2)15(14-10-8-7-9-11-14)12-16-20(18,19)13(3)4/h7-11,13,15-16H,5-6,12H2,1-4H3. The molecule has 0 heterocycles.